The number of fused-ring (bicyclic) bond motifs is 3. The number of H-pyrrole nitrogens is 1. The number of nitrogens with zero attached hydrogens (tertiary/aromatic N) is 4. The van der Waals surface area contributed by atoms with E-state index in [-0.39, 0.29) is 0 Å². The Bertz CT molecular complexity index is 695. The molecule has 0 unspecified atom stereocenters. The maximum absolute atomic E-state index is 5.41. The van der Waals surface area contributed by atoms with E-state index < -0.39 is 0 Å². The molecule has 0 atom stereocenters. The minimum absolute atomic E-state index is 0.421. The molecule has 3 aromatic rings. The molecule has 1 fully saturated rings. The lowest BCUT2D eigenvalue weighted by molar-refractivity contribution is 0.0670. The molecule has 0 spiro atoms. The van der Waals surface area contributed by atoms with Crippen molar-refractivity contribution in [3.8, 4) is 0 Å². The first-order valence-corrected chi connectivity index (χ1v) is 6.17. The Morgan fingerprint density at radius 3 is 3.06 bits per heavy atom. The molecule has 6 nitrogen and oxygen atoms in total. The molecule has 18 heavy (non-hydrogen) atoms. The third-order valence-corrected chi connectivity index (χ3v) is 3.56. The molecule has 92 valence electrons. The molecule has 0 radical (unpaired) electrons. The van der Waals surface area contributed by atoms with Gasteiger partial charge < -0.3 is 4.74 Å². The van der Waals surface area contributed by atoms with Gasteiger partial charge in [0.1, 0.15) is 5.52 Å². The molecule has 4 rings (SSSR count). The van der Waals surface area contributed by atoms with E-state index in [1.54, 1.807) is 12.4 Å². The summed E-state index contributed by atoms with van der Waals surface area (Å²) >= 11 is 0. The molecule has 0 aromatic carbocycles. The first-order valence-electron chi connectivity index (χ1n) is 6.17. The molecule has 1 aliphatic rings. The summed E-state index contributed by atoms with van der Waals surface area (Å²) in [4.78, 5) is 8.54. The van der Waals surface area contributed by atoms with Gasteiger partial charge in [0.15, 0.2) is 5.65 Å². The average Bonchev–Trinajstić information content (AvgIpc) is 3.05. The third kappa shape index (κ3) is 1.35. The summed E-state index contributed by atoms with van der Waals surface area (Å²) < 4.78 is 7.55. The highest BCUT2D eigenvalue weighted by atomic mass is 16.5. The first-order chi connectivity index (χ1) is 8.93. The maximum Gasteiger partial charge on any atom is 0.161 e. The minimum Gasteiger partial charge on any atom is -0.381 e. The summed E-state index contributed by atoms with van der Waals surface area (Å²) in [6, 6.07) is 2.42. The standard InChI is InChI=1S/C12H13N5O/c1-4-13-12-9(1)11-10(7-14-12)15-16-17(11)8-2-5-18-6-3-8/h1,4,7-8,16H,2-3,5-6H2. The quantitative estimate of drug-likeness (QED) is 0.705. The van der Waals surface area contributed by atoms with Crippen LogP contribution in [0.3, 0.4) is 0 Å². The van der Waals surface area contributed by atoms with Gasteiger partial charge in [0.05, 0.1) is 17.8 Å². The maximum atomic E-state index is 5.41. The van der Waals surface area contributed by atoms with Crippen LogP contribution in [0, 0.1) is 0 Å². The van der Waals surface area contributed by atoms with Gasteiger partial charge >= 0.3 is 0 Å². The summed E-state index contributed by atoms with van der Waals surface area (Å²) in [7, 11) is 0. The lowest BCUT2D eigenvalue weighted by Crippen LogP contribution is -2.20. The number of ether oxygens (including phenoxy) is 1. The van der Waals surface area contributed by atoms with Crippen LogP contribution in [0.15, 0.2) is 18.5 Å². The Morgan fingerprint density at radius 2 is 2.17 bits per heavy atom. The molecule has 4 heterocycles. The Labute approximate surface area is 103 Å². The molecule has 0 amide bonds. The van der Waals surface area contributed by atoms with Crippen molar-refractivity contribution in [3.63, 3.8) is 0 Å². The third-order valence-electron chi connectivity index (χ3n) is 3.56. The van der Waals surface area contributed by atoms with Crippen molar-refractivity contribution in [2.45, 2.75) is 18.9 Å². The number of hydrogen-bond acceptors (Lipinski definition) is 4. The molecule has 1 N–H and O–H groups in total. The van der Waals surface area contributed by atoms with Crippen LogP contribution in [0.25, 0.3) is 22.1 Å². The summed E-state index contributed by atoms with van der Waals surface area (Å²) in [6.45, 7) is 1.62. The van der Waals surface area contributed by atoms with Gasteiger partial charge in [0.25, 0.3) is 0 Å². The van der Waals surface area contributed by atoms with E-state index in [4.69, 9.17) is 4.74 Å². The highest BCUT2D eigenvalue weighted by Gasteiger charge is 2.20. The largest absolute Gasteiger partial charge is 0.381 e. The van der Waals surface area contributed by atoms with Crippen LogP contribution < -0.4 is 0 Å². The lowest BCUT2D eigenvalue weighted by Gasteiger charge is -2.23. The van der Waals surface area contributed by atoms with Gasteiger partial charge in [-0.25, -0.2) is 15.2 Å². The van der Waals surface area contributed by atoms with Crippen LogP contribution in [0.4, 0.5) is 0 Å². The fraction of sp³-hybridized carbons (Fsp3) is 0.417. The normalized spacial score (nSPS) is 17.8. The lowest BCUT2D eigenvalue weighted by atomic mass is 10.1. The van der Waals surface area contributed by atoms with Crippen molar-refractivity contribution in [2.75, 3.05) is 13.2 Å². The van der Waals surface area contributed by atoms with Gasteiger partial charge in [-0.15, -0.1) is 0 Å². The molecule has 0 saturated carbocycles. The molecule has 6 heteroatoms. The predicted molar refractivity (Wildman–Crippen MR) is 66.3 cm³/mol. The fourth-order valence-electron chi connectivity index (χ4n) is 2.64. The Kier molecular flexibility index (Phi) is 2.10. The Morgan fingerprint density at radius 1 is 1.28 bits per heavy atom. The van der Waals surface area contributed by atoms with Gasteiger partial charge in [0, 0.05) is 24.8 Å². The van der Waals surface area contributed by atoms with Crippen LogP contribution in [-0.2, 0) is 4.74 Å². The zero-order chi connectivity index (χ0) is 11.9. The van der Waals surface area contributed by atoms with Crippen LogP contribution >= 0.6 is 0 Å². The second-order valence-corrected chi connectivity index (χ2v) is 4.60. The number of nitrogens with one attached hydrogen (secondary N) is 1. The molecular formula is C12H13N5O. The number of rotatable bonds is 1. The summed E-state index contributed by atoms with van der Waals surface area (Å²) in [5.74, 6) is 0. The fourth-order valence-corrected chi connectivity index (χ4v) is 2.64. The van der Waals surface area contributed by atoms with Crippen molar-refractivity contribution < 1.29 is 4.74 Å². The van der Waals surface area contributed by atoms with E-state index in [9.17, 15) is 0 Å². The van der Waals surface area contributed by atoms with Crippen molar-refractivity contribution >= 4 is 22.1 Å². The van der Waals surface area contributed by atoms with Gasteiger partial charge in [-0.1, -0.05) is 0 Å². The van der Waals surface area contributed by atoms with Crippen molar-refractivity contribution in [1.29, 1.82) is 0 Å². The molecule has 1 aliphatic heterocycles. The topological polar surface area (TPSA) is 68.6 Å². The average molecular weight is 243 g/mol. The summed E-state index contributed by atoms with van der Waals surface area (Å²) in [5.41, 5.74) is 2.77. The Hall–Kier alpha value is -1.95. The van der Waals surface area contributed by atoms with E-state index in [2.05, 4.69) is 25.0 Å². The molecular weight excluding hydrogens is 230 g/mol. The predicted octanol–water partition coefficient (Wildman–Crippen LogP) is 1.66. The number of pyridine rings is 1. The number of aromatic nitrogens is 5. The molecule has 0 aliphatic carbocycles. The van der Waals surface area contributed by atoms with E-state index in [0.29, 0.717) is 6.04 Å². The van der Waals surface area contributed by atoms with Crippen LogP contribution in [0.2, 0.25) is 0 Å². The summed E-state index contributed by atoms with van der Waals surface area (Å²) in [5, 5.41) is 8.50. The monoisotopic (exact) mass is 243 g/mol. The zero-order valence-corrected chi connectivity index (χ0v) is 9.83. The van der Waals surface area contributed by atoms with Gasteiger partial charge in [-0.2, -0.15) is 5.10 Å². The van der Waals surface area contributed by atoms with Crippen LogP contribution in [0.5, 0.6) is 0 Å². The van der Waals surface area contributed by atoms with E-state index in [1.807, 2.05) is 6.07 Å². The second-order valence-electron chi connectivity index (χ2n) is 4.60. The number of aromatic amines is 1. The molecule has 0 bridgehead atoms. The molecule has 3 aromatic heterocycles. The zero-order valence-electron chi connectivity index (χ0n) is 9.83. The SMILES string of the molecule is c1cc2c(n1)ncc1n[nH]n(C3CCOCC3)c12. The summed E-state index contributed by atoms with van der Waals surface area (Å²) in [6.07, 6.45) is 5.59. The minimum atomic E-state index is 0.421. The van der Waals surface area contributed by atoms with Gasteiger partial charge in [-0.05, 0) is 18.9 Å². The Balaban J connectivity index is 1.96. The number of hydrogen-bond donors (Lipinski definition) is 1. The smallest absolute Gasteiger partial charge is 0.161 e. The second kappa shape index (κ2) is 3.78. The van der Waals surface area contributed by atoms with E-state index in [1.165, 1.54) is 0 Å². The molecule has 1 saturated heterocycles. The van der Waals surface area contributed by atoms with E-state index in [0.717, 1.165) is 48.1 Å². The van der Waals surface area contributed by atoms with Crippen LogP contribution in [-0.4, -0.2) is 38.2 Å². The highest BCUT2D eigenvalue weighted by molar-refractivity contribution is 6.00. The van der Waals surface area contributed by atoms with Crippen LogP contribution in [0.1, 0.15) is 18.9 Å². The van der Waals surface area contributed by atoms with Crippen molar-refractivity contribution in [2.24, 2.45) is 0 Å². The van der Waals surface area contributed by atoms with Crippen molar-refractivity contribution in [3.05, 3.63) is 18.5 Å². The first kappa shape index (κ1) is 10.0. The highest BCUT2D eigenvalue weighted by Crippen LogP contribution is 2.27. The van der Waals surface area contributed by atoms with Gasteiger partial charge in [0.2, 0.25) is 0 Å². The van der Waals surface area contributed by atoms with Crippen molar-refractivity contribution in [1.82, 2.24) is 25.0 Å². The van der Waals surface area contributed by atoms with Gasteiger partial charge in [-0.3, -0.25) is 4.68 Å². The van der Waals surface area contributed by atoms with E-state index >= 15 is 0 Å².